The van der Waals surface area contributed by atoms with Crippen LogP contribution in [-0.4, -0.2) is 38.8 Å². The Kier molecular flexibility index (Phi) is 5.19. The molecule has 28 heavy (non-hydrogen) atoms. The summed E-state index contributed by atoms with van der Waals surface area (Å²) in [6, 6.07) is 5.89. The smallest absolute Gasteiger partial charge is 0.410 e. The molecule has 0 aliphatic carbocycles. The summed E-state index contributed by atoms with van der Waals surface area (Å²) >= 11 is 0. The summed E-state index contributed by atoms with van der Waals surface area (Å²) in [5, 5.41) is 7.47. The molecule has 7 heteroatoms. The van der Waals surface area contributed by atoms with Crippen molar-refractivity contribution in [1.82, 2.24) is 14.7 Å². The van der Waals surface area contributed by atoms with Crippen LogP contribution in [0.15, 0.2) is 18.2 Å². The Morgan fingerprint density at radius 3 is 2.57 bits per heavy atom. The maximum Gasteiger partial charge on any atom is 0.410 e. The second-order valence-electron chi connectivity index (χ2n) is 8.32. The van der Waals surface area contributed by atoms with Crippen molar-refractivity contribution in [3.8, 4) is 0 Å². The van der Waals surface area contributed by atoms with Gasteiger partial charge in [0, 0.05) is 31.3 Å². The monoisotopic (exact) mass is 384 g/mol. The first-order valence-electron chi connectivity index (χ1n) is 9.46. The van der Waals surface area contributed by atoms with Crippen molar-refractivity contribution < 1.29 is 14.3 Å². The highest BCUT2D eigenvalue weighted by molar-refractivity contribution is 6.04. The van der Waals surface area contributed by atoms with Gasteiger partial charge in [-0.3, -0.25) is 9.48 Å². The van der Waals surface area contributed by atoms with E-state index in [-0.39, 0.29) is 12.0 Å². The van der Waals surface area contributed by atoms with E-state index in [1.165, 1.54) is 0 Å². The Labute approximate surface area is 165 Å². The maximum atomic E-state index is 13.0. The number of aryl methyl sites for hydroxylation is 3. The third-order valence-corrected chi connectivity index (χ3v) is 4.69. The van der Waals surface area contributed by atoms with E-state index >= 15 is 0 Å². The molecule has 0 saturated heterocycles. The van der Waals surface area contributed by atoms with Crippen molar-refractivity contribution in [1.29, 1.82) is 0 Å². The third-order valence-electron chi connectivity index (χ3n) is 4.69. The molecule has 2 heterocycles. The zero-order chi connectivity index (χ0) is 20.6. The molecule has 0 spiro atoms. The van der Waals surface area contributed by atoms with Crippen LogP contribution in [0, 0.1) is 13.8 Å². The molecule has 1 aromatic carbocycles. The largest absolute Gasteiger partial charge is 0.444 e. The highest BCUT2D eigenvalue weighted by atomic mass is 16.6. The van der Waals surface area contributed by atoms with Crippen LogP contribution in [0.2, 0.25) is 0 Å². The van der Waals surface area contributed by atoms with E-state index in [0.717, 1.165) is 28.1 Å². The molecule has 0 bridgehead atoms. The van der Waals surface area contributed by atoms with E-state index in [9.17, 15) is 9.59 Å². The third kappa shape index (κ3) is 4.18. The first kappa shape index (κ1) is 19.9. The summed E-state index contributed by atoms with van der Waals surface area (Å²) in [4.78, 5) is 27.1. The van der Waals surface area contributed by atoms with E-state index in [2.05, 4.69) is 10.4 Å². The lowest BCUT2D eigenvalue weighted by Crippen LogP contribution is -2.40. The summed E-state index contributed by atoms with van der Waals surface area (Å²) in [5.74, 6) is -0.228. The van der Waals surface area contributed by atoms with Crippen molar-refractivity contribution in [2.75, 3.05) is 11.9 Å². The van der Waals surface area contributed by atoms with Crippen LogP contribution in [0.25, 0.3) is 0 Å². The van der Waals surface area contributed by atoms with E-state index < -0.39 is 5.60 Å². The number of hydrogen-bond donors (Lipinski definition) is 1. The molecular formula is C21H28N4O3. The Hall–Kier alpha value is -2.83. The first-order valence-corrected chi connectivity index (χ1v) is 9.46. The highest BCUT2D eigenvalue weighted by Gasteiger charge is 2.31. The molecule has 0 radical (unpaired) electrons. The van der Waals surface area contributed by atoms with Crippen LogP contribution in [0.4, 0.5) is 10.5 Å². The van der Waals surface area contributed by atoms with Gasteiger partial charge >= 0.3 is 6.09 Å². The van der Waals surface area contributed by atoms with E-state index in [1.54, 1.807) is 16.6 Å². The number of ether oxygens (including phenoxy) is 1. The predicted octanol–water partition coefficient (Wildman–Crippen LogP) is 3.58. The average molecular weight is 384 g/mol. The van der Waals surface area contributed by atoms with Gasteiger partial charge < -0.3 is 15.0 Å². The Morgan fingerprint density at radius 1 is 1.21 bits per heavy atom. The van der Waals surface area contributed by atoms with Gasteiger partial charge in [0.05, 0.1) is 12.2 Å². The molecule has 1 N–H and O–H groups in total. The summed E-state index contributed by atoms with van der Waals surface area (Å²) < 4.78 is 7.08. The van der Waals surface area contributed by atoms with Crippen LogP contribution in [0.1, 0.15) is 53.6 Å². The SMILES string of the molecule is Cc1ccc(NC(=O)c2c3c(nn2C)CCN(C(=O)OC(C)(C)C)C3)c(C)c1. The Morgan fingerprint density at radius 2 is 1.93 bits per heavy atom. The molecule has 1 aromatic heterocycles. The second kappa shape index (κ2) is 7.30. The zero-order valence-corrected chi connectivity index (χ0v) is 17.4. The van der Waals surface area contributed by atoms with Gasteiger partial charge in [0.1, 0.15) is 11.3 Å². The van der Waals surface area contributed by atoms with Gasteiger partial charge in [-0.25, -0.2) is 4.79 Å². The van der Waals surface area contributed by atoms with Crippen molar-refractivity contribution in [2.24, 2.45) is 7.05 Å². The van der Waals surface area contributed by atoms with Gasteiger partial charge in [0.2, 0.25) is 0 Å². The van der Waals surface area contributed by atoms with Crippen molar-refractivity contribution in [3.05, 3.63) is 46.3 Å². The summed E-state index contributed by atoms with van der Waals surface area (Å²) in [6.07, 6.45) is 0.224. The molecule has 0 saturated carbocycles. The minimum absolute atomic E-state index is 0.228. The number of amides is 2. The lowest BCUT2D eigenvalue weighted by atomic mass is 10.0. The molecule has 1 aliphatic heterocycles. The number of rotatable bonds is 2. The zero-order valence-electron chi connectivity index (χ0n) is 17.4. The van der Waals surface area contributed by atoms with Crippen molar-refractivity contribution in [2.45, 2.75) is 53.2 Å². The molecule has 0 atom stereocenters. The molecule has 2 amide bonds. The fraction of sp³-hybridized carbons (Fsp3) is 0.476. The molecule has 150 valence electrons. The number of nitrogens with one attached hydrogen (secondary N) is 1. The number of carbonyl (C=O) groups is 2. The van der Waals surface area contributed by atoms with Crippen LogP contribution >= 0.6 is 0 Å². The molecule has 1 aliphatic rings. The number of fused-ring (bicyclic) bond motifs is 1. The molecule has 2 aromatic rings. The number of benzene rings is 1. The Bertz CT molecular complexity index is 924. The summed E-state index contributed by atoms with van der Waals surface area (Å²) in [6.45, 7) is 10.3. The normalized spacial score (nSPS) is 13.9. The Balaban J connectivity index is 1.83. The van der Waals surface area contributed by atoms with Gasteiger partial charge in [-0.05, 0) is 46.2 Å². The van der Waals surface area contributed by atoms with Gasteiger partial charge in [-0.2, -0.15) is 5.10 Å². The molecule has 0 unspecified atom stereocenters. The van der Waals surface area contributed by atoms with Crippen LogP contribution in [0.3, 0.4) is 0 Å². The van der Waals surface area contributed by atoms with E-state index in [4.69, 9.17) is 4.74 Å². The quantitative estimate of drug-likeness (QED) is 0.859. The molecule has 0 fully saturated rings. The van der Waals surface area contributed by atoms with Crippen LogP contribution in [0.5, 0.6) is 0 Å². The fourth-order valence-corrected chi connectivity index (χ4v) is 3.40. The maximum absolute atomic E-state index is 13.0. The topological polar surface area (TPSA) is 76.5 Å². The summed E-state index contributed by atoms with van der Waals surface area (Å²) in [5.41, 5.74) is 4.46. The van der Waals surface area contributed by atoms with Gasteiger partial charge in [0.25, 0.3) is 5.91 Å². The van der Waals surface area contributed by atoms with Gasteiger partial charge in [-0.1, -0.05) is 17.7 Å². The molecular weight excluding hydrogens is 356 g/mol. The molecule has 3 rings (SSSR count). The first-order chi connectivity index (χ1) is 13.0. The number of nitrogens with zero attached hydrogens (tertiary/aromatic N) is 3. The van der Waals surface area contributed by atoms with Crippen molar-refractivity contribution in [3.63, 3.8) is 0 Å². The van der Waals surface area contributed by atoms with Gasteiger partial charge in [-0.15, -0.1) is 0 Å². The second-order valence-corrected chi connectivity index (χ2v) is 8.32. The van der Waals surface area contributed by atoms with E-state index in [0.29, 0.717) is 25.2 Å². The number of aromatic nitrogens is 2. The number of carbonyl (C=O) groups excluding carboxylic acids is 2. The summed E-state index contributed by atoms with van der Waals surface area (Å²) in [7, 11) is 1.76. The minimum Gasteiger partial charge on any atom is -0.444 e. The standard InChI is InChI=1S/C21H28N4O3/c1-13-7-8-16(14(2)11-13)22-19(26)18-15-12-25(20(27)28-21(3,4)5)10-9-17(15)23-24(18)6/h7-8,11H,9-10,12H2,1-6H3,(H,22,26). The average Bonchev–Trinajstić information content (AvgIpc) is 2.90. The van der Waals surface area contributed by atoms with E-state index in [1.807, 2.05) is 52.8 Å². The minimum atomic E-state index is -0.560. The fourth-order valence-electron chi connectivity index (χ4n) is 3.40. The molecule has 7 nitrogen and oxygen atoms in total. The highest BCUT2D eigenvalue weighted by Crippen LogP contribution is 2.25. The van der Waals surface area contributed by atoms with Crippen LogP contribution < -0.4 is 5.32 Å². The predicted molar refractivity (Wildman–Crippen MR) is 107 cm³/mol. The number of hydrogen-bond acceptors (Lipinski definition) is 4. The number of anilines is 1. The lowest BCUT2D eigenvalue weighted by molar-refractivity contribution is 0.0222. The van der Waals surface area contributed by atoms with Crippen molar-refractivity contribution >= 4 is 17.7 Å². The van der Waals surface area contributed by atoms with Gasteiger partial charge in [0.15, 0.2) is 0 Å². The van der Waals surface area contributed by atoms with Crippen LogP contribution in [-0.2, 0) is 24.8 Å². The lowest BCUT2D eigenvalue weighted by Gasteiger charge is -2.29.